The molecule has 2 N–H and O–H groups in total. The molecule has 15 heteroatoms. The molecule has 0 unspecified atom stereocenters. The molecule has 2 saturated heterocycles. The van der Waals surface area contributed by atoms with Gasteiger partial charge in [0.2, 0.25) is 5.95 Å². The van der Waals surface area contributed by atoms with E-state index in [1.807, 2.05) is 18.2 Å². The van der Waals surface area contributed by atoms with Gasteiger partial charge in [0.15, 0.2) is 0 Å². The Bertz CT molecular complexity index is 1520. The van der Waals surface area contributed by atoms with Crippen LogP contribution in [-0.2, 0) is 22.9 Å². The summed E-state index contributed by atoms with van der Waals surface area (Å²) in [7, 11) is -3.53. The third kappa shape index (κ3) is 6.51. The van der Waals surface area contributed by atoms with E-state index in [0.29, 0.717) is 23.6 Å². The van der Waals surface area contributed by atoms with Gasteiger partial charge < -0.3 is 9.88 Å². The third-order valence-corrected chi connectivity index (χ3v) is 9.56. The monoisotopic (exact) mass is 610 g/mol. The molecule has 10 nitrogen and oxygen atoms in total. The molecule has 0 atom stereocenters. The Labute approximate surface area is 241 Å². The molecule has 6 rings (SSSR count). The molecule has 1 saturated carbocycles. The van der Waals surface area contributed by atoms with Crippen LogP contribution in [0.15, 0.2) is 36.9 Å². The first-order valence-electron chi connectivity index (χ1n) is 13.6. The van der Waals surface area contributed by atoms with Gasteiger partial charge in [-0.05, 0) is 62.9 Å². The van der Waals surface area contributed by atoms with Gasteiger partial charge in [-0.2, -0.15) is 30.6 Å². The second kappa shape index (κ2) is 11.1. The van der Waals surface area contributed by atoms with Crippen LogP contribution in [0.2, 0.25) is 5.02 Å². The van der Waals surface area contributed by atoms with Gasteiger partial charge in [0, 0.05) is 44.1 Å². The average molecular weight is 611 g/mol. The van der Waals surface area contributed by atoms with Crippen molar-refractivity contribution in [2.45, 2.75) is 56.9 Å². The number of nitrogens with one attached hydrogen (secondary N) is 2. The van der Waals surface area contributed by atoms with Crippen LogP contribution in [0.5, 0.6) is 0 Å². The first kappa shape index (κ1) is 28.3. The van der Waals surface area contributed by atoms with Crippen LogP contribution in [-0.4, -0.2) is 75.4 Å². The maximum Gasteiger partial charge on any atom is 0.420 e. The van der Waals surface area contributed by atoms with Gasteiger partial charge in [-0.15, -0.1) is 0 Å². The number of imidazole rings is 1. The number of halogens is 4. The van der Waals surface area contributed by atoms with E-state index < -0.39 is 21.9 Å². The van der Waals surface area contributed by atoms with Crippen LogP contribution in [0.1, 0.15) is 43.2 Å². The van der Waals surface area contributed by atoms with Crippen LogP contribution in [0.25, 0.3) is 17.1 Å². The fourth-order valence-corrected chi connectivity index (χ4v) is 6.79. The van der Waals surface area contributed by atoms with Crippen molar-refractivity contribution in [3.8, 4) is 17.1 Å². The van der Waals surface area contributed by atoms with Crippen LogP contribution >= 0.6 is 11.6 Å². The Morgan fingerprint density at radius 3 is 2.41 bits per heavy atom. The molecule has 2 aliphatic heterocycles. The second-order valence-electron chi connectivity index (χ2n) is 10.8. The third-order valence-electron chi connectivity index (χ3n) is 7.58. The second-order valence-corrected chi connectivity index (χ2v) is 12.9. The topological polar surface area (TPSA) is 108 Å². The summed E-state index contributed by atoms with van der Waals surface area (Å²) in [6.45, 7) is 3.48. The van der Waals surface area contributed by atoms with Gasteiger partial charge >= 0.3 is 6.18 Å². The summed E-state index contributed by atoms with van der Waals surface area (Å²) in [6.07, 6.45) is 2.75. The van der Waals surface area contributed by atoms with Crippen molar-refractivity contribution < 1.29 is 21.6 Å². The van der Waals surface area contributed by atoms with Crippen LogP contribution in [0.3, 0.4) is 0 Å². The minimum Gasteiger partial charge on any atom is -0.351 e. The number of hydrogen-bond donors (Lipinski definition) is 2. The fourth-order valence-electron chi connectivity index (χ4n) is 5.00. The summed E-state index contributed by atoms with van der Waals surface area (Å²) in [6, 6.07) is 5.46. The Hall–Kier alpha value is -2.78. The van der Waals surface area contributed by atoms with Crippen LogP contribution < -0.4 is 10.0 Å². The standard InChI is InChI=1S/C26H30ClF3N8O2S/c27-21-12-17(14-36-8-1-9-36)2-5-23(21)37-15-22(32-16-37)24-20(26(28,29)30)13-31-25(34-24)33-18-6-10-38(11-7-18)41(39,40)35-19-3-4-19/h2,5,12-13,15-16,18-19,35H,1,3-4,6-11,14H2,(H,31,33,34). The molecule has 0 spiro atoms. The molecule has 3 aromatic rings. The molecule has 3 fully saturated rings. The summed E-state index contributed by atoms with van der Waals surface area (Å²) in [5, 5.41) is 3.55. The van der Waals surface area contributed by atoms with Crippen molar-refractivity contribution in [3.05, 3.63) is 53.1 Å². The maximum absolute atomic E-state index is 13.9. The van der Waals surface area contributed by atoms with Gasteiger partial charge in [-0.1, -0.05) is 17.7 Å². The highest BCUT2D eigenvalue weighted by Gasteiger charge is 2.37. The minimum atomic E-state index is -4.69. The number of hydrogen-bond acceptors (Lipinski definition) is 7. The number of aromatic nitrogens is 4. The number of piperidine rings is 1. The van der Waals surface area contributed by atoms with Crippen molar-refractivity contribution in [1.82, 2.24) is 33.4 Å². The summed E-state index contributed by atoms with van der Waals surface area (Å²) in [4.78, 5) is 14.7. The summed E-state index contributed by atoms with van der Waals surface area (Å²) in [5.74, 6) is 0.0216. The normalized spacial score (nSPS) is 19.3. The molecule has 0 radical (unpaired) electrons. The Balaban J connectivity index is 1.18. The van der Waals surface area contributed by atoms with E-state index in [2.05, 4.69) is 29.9 Å². The van der Waals surface area contributed by atoms with E-state index in [1.165, 1.54) is 23.3 Å². The molecule has 0 amide bonds. The first-order chi connectivity index (χ1) is 19.5. The van der Waals surface area contributed by atoms with Crippen molar-refractivity contribution in [1.29, 1.82) is 0 Å². The number of nitrogens with zero attached hydrogens (tertiary/aromatic N) is 6. The van der Waals surface area contributed by atoms with E-state index in [-0.39, 0.29) is 42.5 Å². The van der Waals surface area contributed by atoms with Crippen molar-refractivity contribution in [3.63, 3.8) is 0 Å². The zero-order valence-electron chi connectivity index (χ0n) is 22.1. The summed E-state index contributed by atoms with van der Waals surface area (Å²) < 4.78 is 72.4. The molecule has 3 aliphatic rings. The number of benzene rings is 1. The first-order valence-corrected chi connectivity index (χ1v) is 15.4. The predicted molar refractivity (Wildman–Crippen MR) is 148 cm³/mol. The van der Waals surface area contributed by atoms with Crippen molar-refractivity contribution >= 4 is 27.8 Å². The molecule has 220 valence electrons. The minimum absolute atomic E-state index is 0.0174. The molecule has 2 aromatic heterocycles. The highest BCUT2D eigenvalue weighted by molar-refractivity contribution is 7.87. The van der Waals surface area contributed by atoms with Gasteiger partial charge in [0.1, 0.15) is 23.3 Å². The van der Waals surface area contributed by atoms with E-state index >= 15 is 0 Å². The fraction of sp³-hybridized carbons (Fsp3) is 0.500. The number of likely N-dealkylation sites (tertiary alicyclic amines) is 1. The lowest BCUT2D eigenvalue weighted by atomic mass is 10.1. The van der Waals surface area contributed by atoms with Crippen LogP contribution in [0.4, 0.5) is 19.1 Å². The number of anilines is 1. The van der Waals surface area contributed by atoms with E-state index in [9.17, 15) is 21.6 Å². The lowest BCUT2D eigenvalue weighted by molar-refractivity contribution is -0.137. The average Bonchev–Trinajstić information content (AvgIpc) is 3.56. The van der Waals surface area contributed by atoms with E-state index in [0.717, 1.165) is 44.2 Å². The zero-order valence-corrected chi connectivity index (χ0v) is 23.7. The zero-order chi connectivity index (χ0) is 28.8. The smallest absolute Gasteiger partial charge is 0.351 e. The Kier molecular flexibility index (Phi) is 7.70. The Morgan fingerprint density at radius 2 is 1.78 bits per heavy atom. The highest BCUT2D eigenvalue weighted by atomic mass is 35.5. The molecular formula is C26H30ClF3N8O2S. The van der Waals surface area contributed by atoms with Gasteiger partial charge in [0.05, 0.1) is 10.7 Å². The molecule has 0 bridgehead atoms. The van der Waals surface area contributed by atoms with Crippen molar-refractivity contribution in [2.24, 2.45) is 0 Å². The maximum atomic E-state index is 13.9. The van der Waals surface area contributed by atoms with E-state index in [4.69, 9.17) is 11.6 Å². The van der Waals surface area contributed by atoms with Crippen LogP contribution in [0, 0.1) is 0 Å². The van der Waals surface area contributed by atoms with E-state index in [1.54, 1.807) is 4.57 Å². The molecule has 1 aromatic carbocycles. The SMILES string of the molecule is O=S(=O)(NC1CC1)N1CCC(Nc2ncc(C(F)(F)F)c(-c3cn(-c4ccc(CN5CCC5)cc4Cl)cn3)n2)CC1. The largest absolute Gasteiger partial charge is 0.420 e. The quantitative estimate of drug-likeness (QED) is 0.376. The highest BCUT2D eigenvalue weighted by Crippen LogP contribution is 2.36. The lowest BCUT2D eigenvalue weighted by Crippen LogP contribution is -2.47. The van der Waals surface area contributed by atoms with Gasteiger partial charge in [0.25, 0.3) is 10.2 Å². The lowest BCUT2D eigenvalue weighted by Gasteiger charge is -2.31. The van der Waals surface area contributed by atoms with Gasteiger partial charge in [-0.3, -0.25) is 4.90 Å². The summed E-state index contributed by atoms with van der Waals surface area (Å²) in [5.41, 5.74) is 0.323. The number of rotatable bonds is 9. The Morgan fingerprint density at radius 1 is 1.02 bits per heavy atom. The molecule has 41 heavy (non-hydrogen) atoms. The number of alkyl halides is 3. The predicted octanol–water partition coefficient (Wildman–Crippen LogP) is 4.08. The molecular weight excluding hydrogens is 581 g/mol. The molecule has 1 aliphatic carbocycles. The molecule has 4 heterocycles. The van der Waals surface area contributed by atoms with Crippen molar-refractivity contribution in [2.75, 3.05) is 31.5 Å². The van der Waals surface area contributed by atoms with Gasteiger partial charge in [-0.25, -0.2) is 15.0 Å². The summed E-state index contributed by atoms with van der Waals surface area (Å²) >= 11 is 6.54.